The minimum atomic E-state index is 0.714. The number of aryl methyl sites for hydroxylation is 3. The van der Waals surface area contributed by atoms with E-state index in [4.69, 9.17) is 0 Å². The maximum Gasteiger partial charge on any atom is 0.238 e. The molecule has 0 radical (unpaired) electrons. The molecule has 0 saturated heterocycles. The van der Waals surface area contributed by atoms with Gasteiger partial charge < -0.3 is 4.40 Å². The van der Waals surface area contributed by atoms with Crippen molar-refractivity contribution in [3.63, 3.8) is 0 Å². The molecule has 1 saturated carbocycles. The number of aromatic nitrogens is 2. The average Bonchev–Trinajstić information content (AvgIpc) is 3.15. The highest BCUT2D eigenvalue weighted by Crippen LogP contribution is 2.42. The Balaban J connectivity index is 1.74. The summed E-state index contributed by atoms with van der Waals surface area (Å²) >= 11 is 0. The van der Waals surface area contributed by atoms with Crippen molar-refractivity contribution < 1.29 is 4.57 Å². The van der Waals surface area contributed by atoms with Gasteiger partial charge in [-0.2, -0.15) is 4.57 Å². The molecular formula is C30H29N2+. The third-order valence-corrected chi connectivity index (χ3v) is 8.17. The van der Waals surface area contributed by atoms with Crippen LogP contribution in [0, 0.1) is 13.8 Å². The molecule has 0 unspecified atom stereocenters. The van der Waals surface area contributed by atoms with Gasteiger partial charge in [0, 0.05) is 22.2 Å². The van der Waals surface area contributed by atoms with Crippen LogP contribution in [0.3, 0.4) is 0 Å². The summed E-state index contributed by atoms with van der Waals surface area (Å²) < 4.78 is 4.90. The molecule has 2 heteroatoms. The fourth-order valence-electron chi connectivity index (χ4n) is 6.69. The number of rotatable bonds is 1. The summed E-state index contributed by atoms with van der Waals surface area (Å²) in [5.41, 5.74) is 9.67. The zero-order chi connectivity index (χ0) is 21.6. The predicted molar refractivity (Wildman–Crippen MR) is 135 cm³/mol. The van der Waals surface area contributed by atoms with Gasteiger partial charge in [0.05, 0.1) is 16.4 Å². The SMILES string of the molecule is Cc1cc(C)c2c3c1cccc3n1c3cc(C4CCCCC4)ccc3c3cc[n+](C)c2c31. The number of hydrogen-bond acceptors (Lipinski definition) is 0. The zero-order valence-corrected chi connectivity index (χ0v) is 19.2. The lowest BCUT2D eigenvalue weighted by Gasteiger charge is -2.22. The van der Waals surface area contributed by atoms with Crippen LogP contribution in [0.1, 0.15) is 54.7 Å². The fraction of sp³-hybridized carbons (Fsp3) is 0.300. The minimum Gasteiger partial charge on any atom is -0.303 e. The fourth-order valence-corrected chi connectivity index (χ4v) is 6.69. The van der Waals surface area contributed by atoms with E-state index in [1.807, 2.05) is 0 Å². The Hall–Kier alpha value is -3.13. The van der Waals surface area contributed by atoms with Crippen molar-refractivity contribution >= 4 is 49.0 Å². The summed E-state index contributed by atoms with van der Waals surface area (Å²) in [6.45, 7) is 4.53. The van der Waals surface area contributed by atoms with E-state index in [1.54, 1.807) is 0 Å². The van der Waals surface area contributed by atoms with Crippen molar-refractivity contribution in [3.8, 4) is 0 Å². The van der Waals surface area contributed by atoms with Crippen molar-refractivity contribution in [1.82, 2.24) is 4.40 Å². The van der Waals surface area contributed by atoms with Gasteiger partial charge in [-0.3, -0.25) is 0 Å². The monoisotopic (exact) mass is 417 g/mol. The van der Waals surface area contributed by atoms with Gasteiger partial charge in [0.2, 0.25) is 5.52 Å². The lowest BCUT2D eigenvalue weighted by Crippen LogP contribution is -2.29. The van der Waals surface area contributed by atoms with Crippen LogP contribution in [-0.2, 0) is 7.05 Å². The van der Waals surface area contributed by atoms with Crippen molar-refractivity contribution in [2.24, 2.45) is 7.05 Å². The van der Waals surface area contributed by atoms with Crippen molar-refractivity contribution in [1.29, 1.82) is 0 Å². The van der Waals surface area contributed by atoms with Crippen LogP contribution in [0.25, 0.3) is 49.0 Å². The van der Waals surface area contributed by atoms with Crippen LogP contribution in [0.15, 0.2) is 54.7 Å². The Morgan fingerprint density at radius 2 is 1.62 bits per heavy atom. The number of pyridine rings is 2. The van der Waals surface area contributed by atoms with Crippen LogP contribution in [0.4, 0.5) is 0 Å². The van der Waals surface area contributed by atoms with E-state index in [2.05, 4.69) is 84.6 Å². The first-order chi connectivity index (χ1) is 15.6. The van der Waals surface area contributed by atoms with Gasteiger partial charge in [0.25, 0.3) is 0 Å². The van der Waals surface area contributed by atoms with Crippen molar-refractivity contribution in [3.05, 3.63) is 71.4 Å². The Morgan fingerprint density at radius 1 is 0.781 bits per heavy atom. The van der Waals surface area contributed by atoms with E-state index in [0.29, 0.717) is 5.92 Å². The van der Waals surface area contributed by atoms with Gasteiger partial charge in [-0.05, 0) is 66.8 Å². The summed E-state index contributed by atoms with van der Waals surface area (Å²) in [7, 11) is 2.20. The van der Waals surface area contributed by atoms with Crippen LogP contribution >= 0.6 is 0 Å². The van der Waals surface area contributed by atoms with E-state index in [-0.39, 0.29) is 0 Å². The van der Waals surface area contributed by atoms with Crippen molar-refractivity contribution in [2.75, 3.05) is 0 Å². The Morgan fingerprint density at radius 3 is 2.47 bits per heavy atom. The normalized spacial score (nSPS) is 15.8. The van der Waals surface area contributed by atoms with Gasteiger partial charge in [0.1, 0.15) is 12.6 Å². The molecule has 0 aliphatic heterocycles. The molecule has 158 valence electrons. The number of hydrogen-bond donors (Lipinski definition) is 0. The van der Waals surface area contributed by atoms with E-state index < -0.39 is 0 Å². The zero-order valence-electron chi connectivity index (χ0n) is 19.2. The number of benzene rings is 3. The Labute approximate surface area is 188 Å². The Kier molecular flexibility index (Phi) is 3.72. The van der Waals surface area contributed by atoms with Gasteiger partial charge in [0.15, 0.2) is 6.20 Å². The molecule has 3 aromatic carbocycles. The lowest BCUT2D eigenvalue weighted by atomic mass is 9.84. The highest BCUT2D eigenvalue weighted by atomic mass is 15.0. The largest absolute Gasteiger partial charge is 0.303 e. The van der Waals surface area contributed by atoms with E-state index in [0.717, 1.165) is 0 Å². The summed E-state index contributed by atoms with van der Waals surface area (Å²) in [5, 5.41) is 6.92. The molecular weight excluding hydrogens is 388 g/mol. The molecule has 0 N–H and O–H groups in total. The second kappa shape index (κ2) is 6.45. The molecule has 3 heterocycles. The first-order valence-electron chi connectivity index (χ1n) is 12.1. The second-order valence-electron chi connectivity index (χ2n) is 10.1. The number of nitrogens with zero attached hydrogens (tertiary/aromatic N) is 2. The van der Waals surface area contributed by atoms with Crippen LogP contribution < -0.4 is 4.57 Å². The molecule has 1 aliphatic rings. The predicted octanol–water partition coefficient (Wildman–Crippen LogP) is 7.48. The van der Waals surface area contributed by atoms with E-state index >= 15 is 0 Å². The summed E-state index contributed by atoms with van der Waals surface area (Å²) in [5.74, 6) is 0.714. The topological polar surface area (TPSA) is 8.29 Å². The van der Waals surface area contributed by atoms with Gasteiger partial charge in [-0.25, -0.2) is 0 Å². The Bertz CT molecular complexity index is 1680. The standard InChI is InChI=1S/C30H29N2/c1-18-16-19(2)27-28-22(18)10-7-11-25(28)32-26-17-21(20-8-5-4-6-9-20)12-13-23(26)24-14-15-31(3)30(27)29(24)32/h7,10-17,20H,4-6,8-9H2,1-3H3/q+1. The second-order valence-corrected chi connectivity index (χ2v) is 10.1. The molecule has 0 atom stereocenters. The molecule has 0 bridgehead atoms. The smallest absolute Gasteiger partial charge is 0.238 e. The molecule has 0 amide bonds. The molecule has 2 nitrogen and oxygen atoms in total. The van der Waals surface area contributed by atoms with Crippen LogP contribution in [0.5, 0.6) is 0 Å². The molecule has 7 rings (SSSR count). The van der Waals surface area contributed by atoms with Gasteiger partial charge >= 0.3 is 0 Å². The molecule has 1 aliphatic carbocycles. The van der Waals surface area contributed by atoms with E-state index in [9.17, 15) is 0 Å². The molecule has 0 spiro atoms. The average molecular weight is 418 g/mol. The summed E-state index contributed by atoms with van der Waals surface area (Å²) in [6, 6.07) is 18.9. The third-order valence-electron chi connectivity index (χ3n) is 8.17. The van der Waals surface area contributed by atoms with E-state index in [1.165, 1.54) is 97.8 Å². The summed E-state index contributed by atoms with van der Waals surface area (Å²) in [4.78, 5) is 0. The highest BCUT2D eigenvalue weighted by Gasteiger charge is 2.25. The van der Waals surface area contributed by atoms with Crippen LogP contribution in [0.2, 0.25) is 0 Å². The van der Waals surface area contributed by atoms with Gasteiger partial charge in [-0.1, -0.05) is 49.6 Å². The quantitative estimate of drug-likeness (QED) is 0.149. The maximum absolute atomic E-state index is 2.57. The number of fused-ring (bicyclic) bond motifs is 5. The highest BCUT2D eigenvalue weighted by molar-refractivity contribution is 6.26. The van der Waals surface area contributed by atoms with Crippen molar-refractivity contribution in [2.45, 2.75) is 51.9 Å². The molecule has 32 heavy (non-hydrogen) atoms. The third kappa shape index (κ3) is 2.28. The first-order valence-corrected chi connectivity index (χ1v) is 12.1. The summed E-state index contributed by atoms with van der Waals surface area (Å²) in [6.07, 6.45) is 9.06. The van der Waals surface area contributed by atoms with Gasteiger partial charge in [-0.15, -0.1) is 0 Å². The molecule has 1 fully saturated rings. The van der Waals surface area contributed by atoms with Crippen LogP contribution in [-0.4, -0.2) is 4.40 Å². The molecule has 6 aromatic rings. The first kappa shape index (κ1) is 18.4. The lowest BCUT2D eigenvalue weighted by molar-refractivity contribution is -0.644. The molecule has 3 aromatic heterocycles. The minimum absolute atomic E-state index is 0.714. The maximum atomic E-state index is 2.57.